The van der Waals surface area contributed by atoms with Crippen LogP contribution < -0.4 is 4.90 Å². The van der Waals surface area contributed by atoms with E-state index in [4.69, 9.17) is 4.52 Å². The van der Waals surface area contributed by atoms with Crippen LogP contribution in [0.5, 0.6) is 0 Å². The summed E-state index contributed by atoms with van der Waals surface area (Å²) in [5.41, 5.74) is 1.45. The molecule has 27 heavy (non-hydrogen) atoms. The molecule has 2 aliphatic heterocycles. The fourth-order valence-electron chi connectivity index (χ4n) is 4.16. The molecule has 2 aliphatic rings. The van der Waals surface area contributed by atoms with E-state index in [0.717, 1.165) is 24.6 Å². The van der Waals surface area contributed by atoms with Crippen LogP contribution in [0.1, 0.15) is 36.9 Å². The molecule has 9 heteroatoms. The Bertz CT molecular complexity index is 922. The Hall–Kier alpha value is -2.00. The molecule has 2 aromatic rings. The van der Waals surface area contributed by atoms with Gasteiger partial charge in [0.2, 0.25) is 10.0 Å². The van der Waals surface area contributed by atoms with Crippen LogP contribution in [-0.4, -0.2) is 54.0 Å². The molecule has 0 aromatic carbocycles. The van der Waals surface area contributed by atoms with E-state index in [9.17, 15) is 8.42 Å². The van der Waals surface area contributed by atoms with Gasteiger partial charge in [-0.2, -0.15) is 4.31 Å². The molecular weight excluding hydrogens is 366 g/mol. The summed E-state index contributed by atoms with van der Waals surface area (Å²) >= 11 is 0. The van der Waals surface area contributed by atoms with Crippen LogP contribution in [0.15, 0.2) is 21.8 Å². The second-order valence-electron chi connectivity index (χ2n) is 7.86. The van der Waals surface area contributed by atoms with Crippen molar-refractivity contribution >= 4 is 15.8 Å². The highest BCUT2D eigenvalue weighted by molar-refractivity contribution is 7.89. The monoisotopic (exact) mass is 391 g/mol. The highest BCUT2D eigenvalue weighted by Crippen LogP contribution is 2.37. The molecule has 4 rings (SSSR count). The molecular formula is C18H25N5O3S. The Balaban J connectivity index is 1.50. The lowest BCUT2D eigenvalue weighted by Gasteiger charge is -2.22. The second-order valence-corrected chi connectivity index (χ2v) is 9.73. The molecule has 2 aromatic heterocycles. The van der Waals surface area contributed by atoms with Crippen LogP contribution >= 0.6 is 0 Å². The molecule has 0 N–H and O–H groups in total. The van der Waals surface area contributed by atoms with Crippen LogP contribution in [-0.2, 0) is 10.0 Å². The third-order valence-electron chi connectivity index (χ3n) is 5.61. The van der Waals surface area contributed by atoms with E-state index in [1.165, 1.54) is 0 Å². The Labute approximate surface area is 159 Å². The molecule has 2 fully saturated rings. The van der Waals surface area contributed by atoms with E-state index in [1.54, 1.807) is 24.5 Å². The molecule has 0 radical (unpaired) electrons. The zero-order valence-corrected chi connectivity index (χ0v) is 16.9. The Morgan fingerprint density at radius 2 is 1.78 bits per heavy atom. The summed E-state index contributed by atoms with van der Waals surface area (Å²) in [6, 6.07) is 2.05. The van der Waals surface area contributed by atoms with Crippen molar-refractivity contribution in [2.75, 3.05) is 31.1 Å². The average molecular weight is 391 g/mol. The standard InChI is InChI=1S/C18H25N5O3S/c1-11(2)16-5-17(20-10-19-16)22-6-14-8-23(9-15(14)7-22)27(24,25)18-12(3)21-26-13(18)4/h5,10-11,14-15H,6-9H2,1-4H3. The van der Waals surface area contributed by atoms with Gasteiger partial charge in [0.25, 0.3) is 0 Å². The molecule has 0 spiro atoms. The second kappa shape index (κ2) is 6.56. The van der Waals surface area contributed by atoms with Crippen molar-refractivity contribution in [3.63, 3.8) is 0 Å². The van der Waals surface area contributed by atoms with E-state index >= 15 is 0 Å². The van der Waals surface area contributed by atoms with Gasteiger partial charge in [-0.15, -0.1) is 0 Å². The number of fused-ring (bicyclic) bond motifs is 1. The van der Waals surface area contributed by atoms with Gasteiger partial charge in [0.15, 0.2) is 5.76 Å². The first-order valence-corrected chi connectivity index (χ1v) is 10.7. The normalized spacial score (nSPS) is 23.4. The summed E-state index contributed by atoms with van der Waals surface area (Å²) in [5.74, 6) is 2.25. The summed E-state index contributed by atoms with van der Waals surface area (Å²) < 4.78 is 32.7. The van der Waals surface area contributed by atoms with Crippen molar-refractivity contribution in [2.45, 2.75) is 38.5 Å². The number of hydrogen-bond acceptors (Lipinski definition) is 7. The Morgan fingerprint density at radius 1 is 1.11 bits per heavy atom. The van der Waals surface area contributed by atoms with Crippen molar-refractivity contribution < 1.29 is 12.9 Å². The van der Waals surface area contributed by atoms with Crippen LogP contribution in [0.3, 0.4) is 0 Å². The van der Waals surface area contributed by atoms with E-state index in [0.29, 0.717) is 42.3 Å². The molecule has 2 saturated heterocycles. The van der Waals surface area contributed by atoms with Gasteiger partial charge in [0, 0.05) is 37.9 Å². The van der Waals surface area contributed by atoms with Gasteiger partial charge in [0.1, 0.15) is 22.7 Å². The highest BCUT2D eigenvalue weighted by Gasteiger charge is 2.45. The lowest BCUT2D eigenvalue weighted by atomic mass is 10.0. The molecule has 2 unspecified atom stereocenters. The first-order chi connectivity index (χ1) is 12.8. The largest absolute Gasteiger partial charge is 0.360 e. The number of sulfonamides is 1. The lowest BCUT2D eigenvalue weighted by molar-refractivity contribution is 0.389. The number of rotatable bonds is 4. The van der Waals surface area contributed by atoms with Crippen molar-refractivity contribution in [3.05, 3.63) is 29.5 Å². The van der Waals surface area contributed by atoms with Gasteiger partial charge < -0.3 is 9.42 Å². The van der Waals surface area contributed by atoms with Gasteiger partial charge in [0.05, 0.1) is 0 Å². The maximum absolute atomic E-state index is 13.0. The fourth-order valence-corrected chi connectivity index (χ4v) is 6.00. The minimum Gasteiger partial charge on any atom is -0.360 e. The topological polar surface area (TPSA) is 92.4 Å². The zero-order chi connectivity index (χ0) is 19.3. The quantitative estimate of drug-likeness (QED) is 0.786. The van der Waals surface area contributed by atoms with Crippen molar-refractivity contribution in [1.82, 2.24) is 19.4 Å². The maximum atomic E-state index is 13.0. The minimum atomic E-state index is -3.57. The number of hydrogen-bond donors (Lipinski definition) is 0. The number of aromatic nitrogens is 3. The minimum absolute atomic E-state index is 0.219. The van der Waals surface area contributed by atoms with E-state index in [-0.39, 0.29) is 4.90 Å². The molecule has 146 valence electrons. The van der Waals surface area contributed by atoms with Crippen LogP contribution in [0.4, 0.5) is 5.82 Å². The summed E-state index contributed by atoms with van der Waals surface area (Å²) in [6.45, 7) is 10.2. The molecule has 0 bridgehead atoms. The summed E-state index contributed by atoms with van der Waals surface area (Å²) in [6.07, 6.45) is 1.62. The first kappa shape index (κ1) is 18.4. The van der Waals surface area contributed by atoms with Crippen LogP contribution in [0, 0.1) is 25.7 Å². The van der Waals surface area contributed by atoms with Crippen LogP contribution in [0.25, 0.3) is 0 Å². The Morgan fingerprint density at radius 3 is 2.33 bits per heavy atom. The molecule has 0 aliphatic carbocycles. The molecule has 8 nitrogen and oxygen atoms in total. The molecule has 0 amide bonds. The fraction of sp³-hybridized carbons (Fsp3) is 0.611. The van der Waals surface area contributed by atoms with Crippen molar-refractivity contribution in [2.24, 2.45) is 11.8 Å². The van der Waals surface area contributed by atoms with Gasteiger partial charge in [-0.3, -0.25) is 0 Å². The Kier molecular flexibility index (Phi) is 4.46. The first-order valence-electron chi connectivity index (χ1n) is 9.27. The van der Waals surface area contributed by atoms with Crippen LogP contribution in [0.2, 0.25) is 0 Å². The summed E-state index contributed by atoms with van der Waals surface area (Å²) in [5, 5.41) is 3.80. The molecule has 2 atom stereocenters. The van der Waals surface area contributed by atoms with Crippen molar-refractivity contribution in [1.29, 1.82) is 0 Å². The highest BCUT2D eigenvalue weighted by atomic mass is 32.2. The van der Waals surface area contributed by atoms with E-state index < -0.39 is 10.0 Å². The third kappa shape index (κ3) is 3.12. The maximum Gasteiger partial charge on any atom is 0.248 e. The van der Waals surface area contributed by atoms with Crippen molar-refractivity contribution in [3.8, 4) is 0 Å². The lowest BCUT2D eigenvalue weighted by Crippen LogP contribution is -2.34. The predicted octanol–water partition coefficient (Wildman–Crippen LogP) is 1.96. The van der Waals surface area contributed by atoms with Gasteiger partial charge >= 0.3 is 0 Å². The molecule has 0 saturated carbocycles. The summed E-state index contributed by atoms with van der Waals surface area (Å²) in [7, 11) is -3.57. The smallest absolute Gasteiger partial charge is 0.248 e. The number of aryl methyl sites for hydroxylation is 2. The molecule has 4 heterocycles. The van der Waals surface area contributed by atoms with Gasteiger partial charge in [-0.05, 0) is 31.6 Å². The number of anilines is 1. The average Bonchev–Trinajstić information content (AvgIpc) is 3.28. The SMILES string of the molecule is Cc1noc(C)c1S(=O)(=O)N1CC2CN(c3cc(C(C)C)ncn3)CC2C1. The van der Waals surface area contributed by atoms with Gasteiger partial charge in [-0.1, -0.05) is 19.0 Å². The zero-order valence-electron chi connectivity index (χ0n) is 16.1. The van der Waals surface area contributed by atoms with Gasteiger partial charge in [-0.25, -0.2) is 18.4 Å². The summed E-state index contributed by atoms with van der Waals surface area (Å²) in [4.78, 5) is 11.2. The van der Waals surface area contributed by atoms with E-state index in [2.05, 4.69) is 33.9 Å². The number of nitrogens with zero attached hydrogens (tertiary/aromatic N) is 5. The third-order valence-corrected chi connectivity index (χ3v) is 7.68. The predicted molar refractivity (Wildman–Crippen MR) is 100 cm³/mol. The van der Waals surface area contributed by atoms with E-state index in [1.807, 2.05) is 6.07 Å².